The fourth-order valence-corrected chi connectivity index (χ4v) is 4.01. The lowest BCUT2D eigenvalue weighted by atomic mass is 10.2. The minimum Gasteiger partial charge on any atom is -0.495 e. The summed E-state index contributed by atoms with van der Waals surface area (Å²) in [5.74, 6) is 0.143. The first-order valence-electron chi connectivity index (χ1n) is 7.26. The molecular weight excluding hydrogens is 374 g/mol. The third-order valence-corrected chi connectivity index (χ3v) is 5.33. The molecule has 0 fully saturated rings. The van der Waals surface area contributed by atoms with Gasteiger partial charge in [0.15, 0.2) is 0 Å². The topological polar surface area (TPSA) is 81.7 Å². The Morgan fingerprint density at radius 2 is 2.04 bits per heavy atom. The Bertz CT molecular complexity index is 664. The van der Waals surface area contributed by atoms with E-state index in [1.54, 1.807) is 13.8 Å². The van der Waals surface area contributed by atoms with Crippen LogP contribution in [0.25, 0.3) is 0 Å². The lowest BCUT2D eigenvalue weighted by molar-refractivity contribution is -0.149. The smallest absolute Gasteiger partial charge is 0.324 e. The minimum atomic E-state index is -4.01. The quantitative estimate of drug-likeness (QED) is 0.647. The highest BCUT2D eigenvalue weighted by atomic mass is 35.5. The molecule has 1 aromatic rings. The maximum Gasteiger partial charge on any atom is 0.324 e. The molecule has 0 amide bonds. The molecule has 0 saturated carbocycles. The molecule has 0 radical (unpaired) electrons. The Morgan fingerprint density at radius 1 is 1.38 bits per heavy atom. The SMILES string of the molecule is COc1ccc(Cl)cc1S(=O)(=O)NC(CCSC)C(=O)OC(C)C. The number of carbonyl (C=O) groups is 1. The van der Waals surface area contributed by atoms with Crippen LogP contribution in [-0.4, -0.2) is 45.7 Å². The van der Waals surface area contributed by atoms with Crippen molar-refractivity contribution in [3.05, 3.63) is 23.2 Å². The standard InChI is InChI=1S/C15H22ClNO5S2/c1-10(2)22-15(18)12(7-8-23-4)17-24(19,20)14-9-11(16)5-6-13(14)21-3/h5-6,9-10,12,17H,7-8H2,1-4H3. The maximum atomic E-state index is 12.7. The molecule has 1 atom stereocenters. The Morgan fingerprint density at radius 3 is 2.58 bits per heavy atom. The maximum absolute atomic E-state index is 12.7. The van der Waals surface area contributed by atoms with Crippen LogP contribution in [0.2, 0.25) is 5.02 Å². The number of carbonyl (C=O) groups excluding carboxylic acids is 1. The van der Waals surface area contributed by atoms with Crippen molar-refractivity contribution in [2.45, 2.75) is 37.3 Å². The molecule has 0 aliphatic carbocycles. The number of thioether (sulfide) groups is 1. The number of rotatable bonds is 9. The first kappa shape index (κ1) is 21.1. The van der Waals surface area contributed by atoms with Gasteiger partial charge in [-0.3, -0.25) is 4.79 Å². The average Bonchev–Trinajstić information content (AvgIpc) is 2.50. The normalized spacial score (nSPS) is 12.9. The van der Waals surface area contributed by atoms with E-state index in [1.165, 1.54) is 37.1 Å². The third-order valence-electron chi connectivity index (χ3n) is 2.96. The second kappa shape index (κ2) is 9.50. The van der Waals surface area contributed by atoms with Crippen LogP contribution in [0, 0.1) is 0 Å². The highest BCUT2D eigenvalue weighted by Crippen LogP contribution is 2.27. The monoisotopic (exact) mass is 395 g/mol. The van der Waals surface area contributed by atoms with Crippen molar-refractivity contribution in [1.29, 1.82) is 0 Å². The summed E-state index contributed by atoms with van der Waals surface area (Å²) in [7, 11) is -2.64. The van der Waals surface area contributed by atoms with Crippen molar-refractivity contribution in [1.82, 2.24) is 4.72 Å². The van der Waals surface area contributed by atoms with E-state index in [-0.39, 0.29) is 21.8 Å². The van der Waals surface area contributed by atoms with Crippen LogP contribution >= 0.6 is 23.4 Å². The van der Waals surface area contributed by atoms with Gasteiger partial charge in [-0.1, -0.05) is 11.6 Å². The molecule has 0 heterocycles. The molecule has 1 aromatic carbocycles. The average molecular weight is 396 g/mol. The lowest BCUT2D eigenvalue weighted by Gasteiger charge is -2.19. The van der Waals surface area contributed by atoms with Gasteiger partial charge in [0.05, 0.1) is 13.2 Å². The fraction of sp³-hybridized carbons (Fsp3) is 0.533. The summed E-state index contributed by atoms with van der Waals surface area (Å²) >= 11 is 7.40. The predicted molar refractivity (Wildman–Crippen MR) is 96.3 cm³/mol. The summed E-state index contributed by atoms with van der Waals surface area (Å²) < 4.78 is 37.9. The van der Waals surface area contributed by atoms with E-state index in [2.05, 4.69) is 4.72 Å². The Labute approximate surface area is 152 Å². The van der Waals surface area contributed by atoms with E-state index in [0.29, 0.717) is 12.2 Å². The highest BCUT2D eigenvalue weighted by molar-refractivity contribution is 7.98. The zero-order valence-electron chi connectivity index (χ0n) is 14.0. The Kier molecular flexibility index (Phi) is 8.35. The van der Waals surface area contributed by atoms with Crippen LogP contribution in [0.15, 0.2) is 23.1 Å². The van der Waals surface area contributed by atoms with E-state index in [4.69, 9.17) is 21.1 Å². The van der Waals surface area contributed by atoms with Crippen LogP contribution < -0.4 is 9.46 Å². The number of halogens is 1. The first-order chi connectivity index (χ1) is 11.2. The second-order valence-corrected chi connectivity index (χ2v) is 8.34. The summed E-state index contributed by atoms with van der Waals surface area (Å²) in [6.07, 6.45) is 1.85. The largest absolute Gasteiger partial charge is 0.495 e. The van der Waals surface area contributed by atoms with Crippen molar-refractivity contribution in [2.75, 3.05) is 19.1 Å². The van der Waals surface area contributed by atoms with Crippen molar-refractivity contribution in [3.63, 3.8) is 0 Å². The number of hydrogen-bond acceptors (Lipinski definition) is 6. The molecule has 0 spiro atoms. The zero-order valence-corrected chi connectivity index (χ0v) is 16.4. The molecule has 0 aliphatic rings. The number of sulfonamides is 1. The molecule has 1 rings (SSSR count). The molecule has 1 N–H and O–H groups in total. The van der Waals surface area contributed by atoms with E-state index in [9.17, 15) is 13.2 Å². The number of methoxy groups -OCH3 is 1. The highest BCUT2D eigenvalue weighted by Gasteiger charge is 2.29. The van der Waals surface area contributed by atoms with Gasteiger partial charge in [0.2, 0.25) is 10.0 Å². The first-order valence-corrected chi connectivity index (χ1v) is 10.5. The number of nitrogens with one attached hydrogen (secondary N) is 1. The number of benzene rings is 1. The van der Waals surface area contributed by atoms with Gasteiger partial charge >= 0.3 is 5.97 Å². The molecule has 1 unspecified atom stereocenters. The number of esters is 1. The van der Waals surface area contributed by atoms with Gasteiger partial charge in [-0.2, -0.15) is 16.5 Å². The predicted octanol–water partition coefficient (Wildman–Crippen LogP) is 2.70. The molecule has 9 heteroatoms. The molecule has 0 saturated heterocycles. The summed E-state index contributed by atoms with van der Waals surface area (Å²) in [4.78, 5) is 12.1. The van der Waals surface area contributed by atoms with Gasteiger partial charge < -0.3 is 9.47 Å². The van der Waals surface area contributed by atoms with Gasteiger partial charge in [0, 0.05) is 5.02 Å². The van der Waals surface area contributed by atoms with E-state index in [0.717, 1.165) is 0 Å². The molecule has 24 heavy (non-hydrogen) atoms. The van der Waals surface area contributed by atoms with Crippen molar-refractivity contribution in [3.8, 4) is 5.75 Å². The summed E-state index contributed by atoms with van der Waals surface area (Å²) in [5, 5.41) is 0.251. The number of hydrogen-bond donors (Lipinski definition) is 1. The van der Waals surface area contributed by atoms with Crippen LogP contribution in [0.5, 0.6) is 5.75 Å². The van der Waals surface area contributed by atoms with Gasteiger partial charge in [-0.05, 0) is 50.5 Å². The number of ether oxygens (including phenoxy) is 2. The summed E-state index contributed by atoms with van der Waals surface area (Å²) in [5.41, 5.74) is 0. The molecule has 0 aromatic heterocycles. The van der Waals surface area contributed by atoms with Crippen molar-refractivity contribution < 1.29 is 22.7 Å². The van der Waals surface area contributed by atoms with E-state index >= 15 is 0 Å². The van der Waals surface area contributed by atoms with Crippen molar-refractivity contribution in [2.24, 2.45) is 0 Å². The lowest BCUT2D eigenvalue weighted by Crippen LogP contribution is -2.43. The van der Waals surface area contributed by atoms with Crippen molar-refractivity contribution >= 4 is 39.4 Å². The van der Waals surface area contributed by atoms with Crippen LogP contribution in [0.3, 0.4) is 0 Å². The zero-order chi connectivity index (χ0) is 18.3. The van der Waals surface area contributed by atoms with Gasteiger partial charge in [0.25, 0.3) is 0 Å². The molecule has 0 bridgehead atoms. The van der Waals surface area contributed by atoms with E-state index < -0.39 is 22.0 Å². The van der Waals surface area contributed by atoms with Crippen LogP contribution in [0.4, 0.5) is 0 Å². The van der Waals surface area contributed by atoms with Crippen LogP contribution in [-0.2, 0) is 19.6 Å². The van der Waals surface area contributed by atoms with Gasteiger partial charge in [-0.25, -0.2) is 8.42 Å². The molecule has 136 valence electrons. The van der Waals surface area contributed by atoms with Gasteiger partial charge in [-0.15, -0.1) is 0 Å². The van der Waals surface area contributed by atoms with E-state index in [1.807, 2.05) is 6.26 Å². The van der Waals surface area contributed by atoms with Gasteiger partial charge in [0.1, 0.15) is 16.7 Å². The molecule has 0 aliphatic heterocycles. The Balaban J connectivity index is 3.10. The second-order valence-electron chi connectivity index (χ2n) is 5.24. The summed E-state index contributed by atoms with van der Waals surface area (Å²) in [6.45, 7) is 3.41. The molecule has 6 nitrogen and oxygen atoms in total. The van der Waals surface area contributed by atoms with Crippen LogP contribution in [0.1, 0.15) is 20.3 Å². The molecular formula is C15H22ClNO5S2. The minimum absolute atomic E-state index is 0.121. The Hall–Kier alpha value is -0.960. The summed E-state index contributed by atoms with van der Waals surface area (Å²) in [6, 6.07) is 3.29. The fourth-order valence-electron chi connectivity index (χ4n) is 1.89. The third kappa shape index (κ3) is 6.16.